The molecule has 0 aliphatic heterocycles. The fourth-order valence-corrected chi connectivity index (χ4v) is 0.939. The molecule has 0 N–H and O–H groups in total. The summed E-state index contributed by atoms with van der Waals surface area (Å²) in [4.78, 5) is 24.0. The van der Waals surface area contributed by atoms with Crippen molar-refractivity contribution in [3.05, 3.63) is 17.7 Å². The summed E-state index contributed by atoms with van der Waals surface area (Å²) >= 11 is 0. The van der Waals surface area contributed by atoms with Crippen LogP contribution in [-0.4, -0.2) is 22.6 Å². The number of allylic oxidation sites excluding steroid dienone is 2. The molecule has 0 bridgehead atoms. The lowest BCUT2D eigenvalue weighted by Crippen LogP contribution is -2.27. The van der Waals surface area contributed by atoms with E-state index in [0.29, 0.717) is 12.7 Å². The Morgan fingerprint density at radius 1 is 1.73 bits per heavy atom. The van der Waals surface area contributed by atoms with Gasteiger partial charge >= 0.3 is 0 Å². The average Bonchev–Trinajstić information content (AvgIpc) is 2.04. The van der Waals surface area contributed by atoms with Crippen LogP contribution < -0.4 is 0 Å². The summed E-state index contributed by atoms with van der Waals surface area (Å²) < 4.78 is 0. The molecule has 4 nitrogen and oxygen atoms in total. The van der Waals surface area contributed by atoms with E-state index in [2.05, 4.69) is 4.79 Å². The van der Waals surface area contributed by atoms with Gasteiger partial charge in [-0.1, -0.05) is 6.08 Å². The van der Waals surface area contributed by atoms with Crippen LogP contribution in [0.15, 0.2) is 12.2 Å². The lowest BCUT2D eigenvalue weighted by atomic mass is 9.92. The van der Waals surface area contributed by atoms with Gasteiger partial charge in [-0.25, -0.2) is 0 Å². The standard InChI is InChI=1S/C7H6N2O2/c8-9-6-2-1-3-7(11)5(6)4-10/h1,3-5H,2H2. The molecule has 0 saturated heterocycles. The topological polar surface area (TPSA) is 70.5 Å². The zero-order valence-electron chi connectivity index (χ0n) is 5.73. The summed E-state index contributed by atoms with van der Waals surface area (Å²) in [6, 6.07) is 0. The van der Waals surface area contributed by atoms with Crippen molar-refractivity contribution in [2.24, 2.45) is 5.92 Å². The monoisotopic (exact) mass is 150 g/mol. The molecule has 1 rings (SSSR count). The SMILES string of the molecule is [N-]=[N+]=C1CC=CC(=O)C1C=O. The first-order valence-electron chi connectivity index (χ1n) is 3.16. The van der Waals surface area contributed by atoms with Crippen molar-refractivity contribution in [2.75, 3.05) is 0 Å². The average molecular weight is 150 g/mol. The lowest BCUT2D eigenvalue weighted by molar-refractivity contribution is -0.123. The molecule has 0 heterocycles. The van der Waals surface area contributed by atoms with E-state index >= 15 is 0 Å². The van der Waals surface area contributed by atoms with Crippen molar-refractivity contribution in [3.8, 4) is 0 Å². The molecule has 0 spiro atoms. The van der Waals surface area contributed by atoms with Gasteiger partial charge in [-0.05, 0) is 6.08 Å². The van der Waals surface area contributed by atoms with E-state index in [9.17, 15) is 9.59 Å². The highest BCUT2D eigenvalue weighted by Crippen LogP contribution is 2.08. The maximum absolute atomic E-state index is 10.9. The lowest BCUT2D eigenvalue weighted by Gasteiger charge is -2.03. The molecular weight excluding hydrogens is 144 g/mol. The summed E-state index contributed by atoms with van der Waals surface area (Å²) in [6.45, 7) is 0. The highest BCUT2D eigenvalue weighted by molar-refractivity contribution is 6.19. The van der Waals surface area contributed by atoms with Crippen LogP contribution in [0.2, 0.25) is 0 Å². The van der Waals surface area contributed by atoms with Gasteiger partial charge in [0.05, 0.1) is 6.42 Å². The number of carbonyl (C=O) groups is 2. The van der Waals surface area contributed by atoms with Crippen LogP contribution in [0.3, 0.4) is 0 Å². The minimum absolute atomic E-state index is 0.215. The van der Waals surface area contributed by atoms with E-state index in [1.54, 1.807) is 6.08 Å². The molecule has 1 aliphatic rings. The van der Waals surface area contributed by atoms with Crippen LogP contribution in [0.4, 0.5) is 0 Å². The molecule has 0 fully saturated rings. The molecule has 0 radical (unpaired) electrons. The van der Waals surface area contributed by atoms with Crippen molar-refractivity contribution in [3.63, 3.8) is 0 Å². The van der Waals surface area contributed by atoms with Crippen LogP contribution in [0.25, 0.3) is 5.53 Å². The Kier molecular flexibility index (Phi) is 2.09. The minimum Gasteiger partial charge on any atom is -0.362 e. The molecule has 4 heteroatoms. The van der Waals surface area contributed by atoms with Crippen LogP contribution in [-0.2, 0) is 9.59 Å². The third-order valence-electron chi connectivity index (χ3n) is 1.54. The van der Waals surface area contributed by atoms with E-state index in [0.717, 1.165) is 0 Å². The molecule has 0 aromatic heterocycles. The number of carbonyl (C=O) groups excluding carboxylic acids is 2. The van der Waals surface area contributed by atoms with E-state index in [1.807, 2.05) is 0 Å². The fourth-order valence-electron chi connectivity index (χ4n) is 0.939. The number of aldehydes is 1. The number of nitrogens with zero attached hydrogens (tertiary/aromatic N) is 2. The predicted octanol–water partition coefficient (Wildman–Crippen LogP) is 0.00130. The molecule has 0 aromatic carbocycles. The van der Waals surface area contributed by atoms with Gasteiger partial charge in [-0.15, -0.1) is 0 Å². The Balaban J connectivity index is 3.03. The molecule has 0 aromatic rings. The van der Waals surface area contributed by atoms with E-state index in [4.69, 9.17) is 5.53 Å². The minimum atomic E-state index is -0.870. The quantitative estimate of drug-likeness (QED) is 0.228. The highest BCUT2D eigenvalue weighted by atomic mass is 16.1. The smallest absolute Gasteiger partial charge is 0.290 e. The Labute approximate surface area is 63.1 Å². The number of hydrogen-bond acceptors (Lipinski definition) is 2. The molecule has 11 heavy (non-hydrogen) atoms. The normalized spacial score (nSPS) is 23.1. The summed E-state index contributed by atoms with van der Waals surface area (Å²) in [5.74, 6) is -1.19. The van der Waals surface area contributed by atoms with Crippen LogP contribution in [0.5, 0.6) is 0 Å². The summed E-state index contributed by atoms with van der Waals surface area (Å²) in [6.07, 6.45) is 3.75. The summed E-state index contributed by atoms with van der Waals surface area (Å²) in [7, 11) is 0. The van der Waals surface area contributed by atoms with Gasteiger partial charge in [0.2, 0.25) is 0 Å². The summed E-state index contributed by atoms with van der Waals surface area (Å²) in [5.41, 5.74) is 8.57. The van der Waals surface area contributed by atoms with Gasteiger partial charge in [-0.3, -0.25) is 4.79 Å². The Bertz CT molecular complexity index is 274. The van der Waals surface area contributed by atoms with Crippen LogP contribution in [0.1, 0.15) is 6.42 Å². The molecule has 1 unspecified atom stereocenters. The largest absolute Gasteiger partial charge is 0.362 e. The molecule has 0 amide bonds. The summed E-state index contributed by atoms with van der Waals surface area (Å²) in [5, 5.41) is 0. The first-order chi connectivity index (χ1) is 5.29. The van der Waals surface area contributed by atoms with Crippen molar-refractivity contribution in [1.29, 1.82) is 0 Å². The first-order valence-corrected chi connectivity index (χ1v) is 3.16. The Morgan fingerprint density at radius 2 is 2.45 bits per heavy atom. The highest BCUT2D eigenvalue weighted by Gasteiger charge is 2.30. The van der Waals surface area contributed by atoms with Crippen molar-refractivity contribution in [1.82, 2.24) is 0 Å². The number of hydrogen-bond donors (Lipinski definition) is 0. The van der Waals surface area contributed by atoms with Crippen LogP contribution in [0, 0.1) is 5.92 Å². The third-order valence-corrected chi connectivity index (χ3v) is 1.54. The second kappa shape index (κ2) is 3.03. The second-order valence-electron chi connectivity index (χ2n) is 2.21. The van der Waals surface area contributed by atoms with Crippen molar-refractivity contribution < 1.29 is 14.4 Å². The Morgan fingerprint density at radius 3 is 2.91 bits per heavy atom. The van der Waals surface area contributed by atoms with E-state index in [-0.39, 0.29) is 11.5 Å². The van der Waals surface area contributed by atoms with Gasteiger partial charge in [0.25, 0.3) is 5.71 Å². The van der Waals surface area contributed by atoms with Gasteiger partial charge < -0.3 is 10.3 Å². The predicted molar refractivity (Wildman–Crippen MR) is 36.9 cm³/mol. The van der Waals surface area contributed by atoms with E-state index in [1.165, 1.54) is 6.08 Å². The zero-order chi connectivity index (χ0) is 8.27. The second-order valence-corrected chi connectivity index (χ2v) is 2.21. The number of ketones is 1. The van der Waals surface area contributed by atoms with Crippen molar-refractivity contribution >= 4 is 17.8 Å². The first kappa shape index (κ1) is 7.57. The maximum atomic E-state index is 10.9. The molecule has 1 aliphatic carbocycles. The van der Waals surface area contributed by atoms with E-state index < -0.39 is 5.92 Å². The zero-order valence-corrected chi connectivity index (χ0v) is 5.73. The molecule has 1 atom stereocenters. The molecular formula is C7H6N2O2. The van der Waals surface area contributed by atoms with Crippen molar-refractivity contribution in [2.45, 2.75) is 6.42 Å². The van der Waals surface area contributed by atoms with Gasteiger partial charge in [0.1, 0.15) is 6.29 Å². The number of rotatable bonds is 1. The molecule has 56 valence electrons. The fraction of sp³-hybridized carbons (Fsp3) is 0.286. The Hall–Kier alpha value is -1.54. The molecule has 0 saturated carbocycles. The van der Waals surface area contributed by atoms with Crippen LogP contribution >= 0.6 is 0 Å². The van der Waals surface area contributed by atoms with Gasteiger partial charge in [0.15, 0.2) is 11.7 Å². The van der Waals surface area contributed by atoms with Gasteiger partial charge in [-0.2, -0.15) is 4.79 Å². The third kappa shape index (κ3) is 1.30. The van der Waals surface area contributed by atoms with Gasteiger partial charge in [0, 0.05) is 0 Å². The maximum Gasteiger partial charge on any atom is 0.290 e.